The molecule has 0 aliphatic carbocycles. The van der Waals surface area contributed by atoms with Crippen LogP contribution in [-0.4, -0.2) is 18.4 Å². The summed E-state index contributed by atoms with van der Waals surface area (Å²) in [5.41, 5.74) is 4.35. The van der Waals surface area contributed by atoms with Crippen molar-refractivity contribution in [1.29, 1.82) is 0 Å². The zero-order valence-electron chi connectivity index (χ0n) is 11.8. The van der Waals surface area contributed by atoms with Gasteiger partial charge in [-0.2, -0.15) is 5.10 Å². The number of nitrogens with zero attached hydrogens (tertiary/aromatic N) is 1. The van der Waals surface area contributed by atoms with Crippen LogP contribution in [0.2, 0.25) is 5.02 Å². The summed E-state index contributed by atoms with van der Waals surface area (Å²) in [4.78, 5) is 12.1. The summed E-state index contributed by atoms with van der Waals surface area (Å²) in [6, 6.07) is 12.3. The van der Waals surface area contributed by atoms with Gasteiger partial charge in [0.1, 0.15) is 0 Å². The van der Waals surface area contributed by atoms with E-state index < -0.39 is 0 Å². The largest absolute Gasteiger partial charge is 0.454 e. The Balaban J connectivity index is 1.74. The van der Waals surface area contributed by atoms with Crippen LogP contribution >= 0.6 is 11.6 Å². The van der Waals surface area contributed by atoms with Crippen molar-refractivity contribution in [2.75, 3.05) is 6.79 Å². The Morgan fingerprint density at radius 2 is 1.95 bits per heavy atom. The second-order valence-corrected chi connectivity index (χ2v) is 5.09. The van der Waals surface area contributed by atoms with Crippen LogP contribution in [0.15, 0.2) is 47.6 Å². The van der Waals surface area contributed by atoms with Gasteiger partial charge in [-0.25, -0.2) is 5.43 Å². The Hall–Kier alpha value is -2.53. The normalized spacial score (nSPS) is 13.1. The first-order valence-electron chi connectivity index (χ1n) is 6.64. The lowest BCUT2D eigenvalue weighted by Gasteiger charge is -2.05. The molecule has 3 rings (SSSR count). The SMILES string of the molecule is C/C(=N\NC(=O)c1ccc2c(c1)OCO2)c1ccccc1Cl. The molecule has 1 aliphatic rings. The smallest absolute Gasteiger partial charge is 0.271 e. The first kappa shape index (κ1) is 14.4. The van der Waals surface area contributed by atoms with Crippen molar-refractivity contribution in [2.24, 2.45) is 5.10 Å². The highest BCUT2D eigenvalue weighted by molar-refractivity contribution is 6.34. The van der Waals surface area contributed by atoms with Crippen LogP contribution in [0.3, 0.4) is 0 Å². The molecule has 0 unspecified atom stereocenters. The van der Waals surface area contributed by atoms with Gasteiger partial charge in [0.25, 0.3) is 5.91 Å². The number of hydrogen-bond donors (Lipinski definition) is 1. The summed E-state index contributed by atoms with van der Waals surface area (Å²) < 4.78 is 10.5. The van der Waals surface area contributed by atoms with E-state index in [1.165, 1.54) is 0 Å². The number of fused-ring (bicyclic) bond motifs is 1. The molecule has 1 N–H and O–H groups in total. The Morgan fingerprint density at radius 3 is 2.77 bits per heavy atom. The average molecular weight is 317 g/mol. The van der Waals surface area contributed by atoms with Gasteiger partial charge in [0.2, 0.25) is 6.79 Å². The number of hydrazone groups is 1. The van der Waals surface area contributed by atoms with Crippen molar-refractivity contribution in [3.8, 4) is 11.5 Å². The molecule has 5 nitrogen and oxygen atoms in total. The highest BCUT2D eigenvalue weighted by Gasteiger charge is 2.16. The Morgan fingerprint density at radius 1 is 1.18 bits per heavy atom. The quantitative estimate of drug-likeness (QED) is 0.698. The number of ether oxygens (including phenoxy) is 2. The van der Waals surface area contributed by atoms with Gasteiger partial charge < -0.3 is 9.47 Å². The van der Waals surface area contributed by atoms with Crippen molar-refractivity contribution in [1.82, 2.24) is 5.43 Å². The van der Waals surface area contributed by atoms with Gasteiger partial charge in [0, 0.05) is 16.1 Å². The second-order valence-electron chi connectivity index (χ2n) is 4.69. The van der Waals surface area contributed by atoms with Crippen molar-refractivity contribution in [3.05, 3.63) is 58.6 Å². The fraction of sp³-hybridized carbons (Fsp3) is 0.125. The topological polar surface area (TPSA) is 59.9 Å². The van der Waals surface area contributed by atoms with E-state index in [0.29, 0.717) is 27.8 Å². The summed E-state index contributed by atoms with van der Waals surface area (Å²) in [6.45, 7) is 1.95. The summed E-state index contributed by atoms with van der Waals surface area (Å²) in [7, 11) is 0. The summed E-state index contributed by atoms with van der Waals surface area (Å²) in [5.74, 6) is 0.858. The third-order valence-corrected chi connectivity index (χ3v) is 3.55. The van der Waals surface area contributed by atoms with Gasteiger partial charge >= 0.3 is 0 Å². The predicted molar refractivity (Wildman–Crippen MR) is 83.7 cm³/mol. The third-order valence-electron chi connectivity index (χ3n) is 3.22. The van der Waals surface area contributed by atoms with E-state index in [2.05, 4.69) is 10.5 Å². The standard InChI is InChI=1S/C16H13ClN2O3/c1-10(12-4-2-3-5-13(12)17)18-19-16(20)11-6-7-14-15(8-11)22-9-21-14/h2-8H,9H2,1H3,(H,19,20)/b18-10+. The van der Waals surface area contributed by atoms with E-state index in [0.717, 1.165) is 5.56 Å². The fourth-order valence-electron chi connectivity index (χ4n) is 2.05. The molecule has 0 radical (unpaired) electrons. The second kappa shape index (κ2) is 6.07. The van der Waals surface area contributed by atoms with Crippen molar-refractivity contribution >= 4 is 23.2 Å². The van der Waals surface area contributed by atoms with Crippen LogP contribution in [0, 0.1) is 0 Å². The first-order chi connectivity index (χ1) is 10.6. The Labute approximate surface area is 132 Å². The molecular formula is C16H13ClN2O3. The molecule has 1 aliphatic heterocycles. The maximum absolute atomic E-state index is 12.1. The van der Waals surface area contributed by atoms with Crippen LogP contribution in [0.5, 0.6) is 11.5 Å². The number of halogens is 1. The zero-order valence-corrected chi connectivity index (χ0v) is 12.6. The lowest BCUT2D eigenvalue weighted by Crippen LogP contribution is -2.19. The van der Waals surface area contributed by atoms with Crippen molar-refractivity contribution in [2.45, 2.75) is 6.92 Å². The number of nitrogens with one attached hydrogen (secondary N) is 1. The molecule has 0 spiro atoms. The van der Waals surface area contributed by atoms with Gasteiger partial charge in [-0.1, -0.05) is 29.8 Å². The molecule has 0 atom stereocenters. The maximum atomic E-state index is 12.1. The number of carbonyl (C=O) groups is 1. The highest BCUT2D eigenvalue weighted by atomic mass is 35.5. The predicted octanol–water partition coefficient (Wildman–Crippen LogP) is 3.22. The Bertz CT molecular complexity index is 759. The van der Waals surface area contributed by atoms with Crippen LogP contribution in [0.1, 0.15) is 22.8 Å². The van der Waals surface area contributed by atoms with Gasteiger partial charge in [-0.3, -0.25) is 4.79 Å². The number of benzene rings is 2. The molecule has 0 bridgehead atoms. The van der Waals surface area contributed by atoms with E-state index in [1.54, 1.807) is 31.2 Å². The highest BCUT2D eigenvalue weighted by Crippen LogP contribution is 2.32. The van der Waals surface area contributed by atoms with Crippen molar-refractivity contribution < 1.29 is 14.3 Å². The number of rotatable bonds is 3. The lowest BCUT2D eigenvalue weighted by atomic mass is 10.1. The molecule has 1 heterocycles. The molecule has 6 heteroatoms. The summed E-state index contributed by atoms with van der Waals surface area (Å²) >= 11 is 6.09. The van der Waals surface area contributed by atoms with Crippen molar-refractivity contribution in [3.63, 3.8) is 0 Å². The molecule has 2 aromatic rings. The van der Waals surface area contributed by atoms with Crippen LogP contribution in [0.25, 0.3) is 0 Å². The van der Waals surface area contributed by atoms with Crippen LogP contribution < -0.4 is 14.9 Å². The van der Waals surface area contributed by atoms with Gasteiger partial charge in [-0.05, 0) is 31.2 Å². The molecule has 0 aromatic heterocycles. The molecule has 0 saturated heterocycles. The Kier molecular flexibility index (Phi) is 3.98. The zero-order chi connectivity index (χ0) is 15.5. The van der Waals surface area contributed by atoms with E-state index in [-0.39, 0.29) is 12.7 Å². The average Bonchev–Trinajstić information content (AvgIpc) is 3.00. The van der Waals surface area contributed by atoms with Crippen LogP contribution in [0.4, 0.5) is 0 Å². The first-order valence-corrected chi connectivity index (χ1v) is 7.02. The van der Waals surface area contributed by atoms with E-state index in [9.17, 15) is 4.79 Å². The minimum Gasteiger partial charge on any atom is -0.454 e. The number of carbonyl (C=O) groups excluding carboxylic acids is 1. The molecular weight excluding hydrogens is 304 g/mol. The van der Waals surface area contributed by atoms with Gasteiger partial charge in [-0.15, -0.1) is 0 Å². The lowest BCUT2D eigenvalue weighted by molar-refractivity contribution is 0.0954. The molecule has 0 fully saturated rings. The molecule has 112 valence electrons. The molecule has 2 aromatic carbocycles. The molecule has 1 amide bonds. The van der Waals surface area contributed by atoms with Gasteiger partial charge in [0.05, 0.1) is 5.71 Å². The monoisotopic (exact) mass is 316 g/mol. The fourth-order valence-corrected chi connectivity index (χ4v) is 2.32. The summed E-state index contributed by atoms with van der Waals surface area (Å²) in [5, 5.41) is 4.67. The summed E-state index contributed by atoms with van der Waals surface area (Å²) in [6.07, 6.45) is 0. The van der Waals surface area contributed by atoms with E-state index in [4.69, 9.17) is 21.1 Å². The molecule has 22 heavy (non-hydrogen) atoms. The third kappa shape index (κ3) is 2.89. The number of hydrogen-bond acceptors (Lipinski definition) is 4. The maximum Gasteiger partial charge on any atom is 0.271 e. The number of amides is 1. The molecule has 0 saturated carbocycles. The van der Waals surface area contributed by atoms with E-state index in [1.807, 2.05) is 18.2 Å². The van der Waals surface area contributed by atoms with E-state index >= 15 is 0 Å². The minimum absolute atomic E-state index is 0.171. The van der Waals surface area contributed by atoms with Gasteiger partial charge in [0.15, 0.2) is 11.5 Å². The van der Waals surface area contributed by atoms with Crippen LogP contribution in [-0.2, 0) is 0 Å². The minimum atomic E-state index is -0.329.